The summed E-state index contributed by atoms with van der Waals surface area (Å²) in [4.78, 5) is 59.3. The smallest absolute Gasteiger partial charge is 0.256 e. The van der Waals surface area contributed by atoms with Crippen molar-refractivity contribution in [3.05, 3.63) is 41.0 Å². The molecule has 4 unspecified atom stereocenters. The van der Waals surface area contributed by atoms with Crippen molar-refractivity contribution in [2.24, 2.45) is 10.8 Å². The summed E-state index contributed by atoms with van der Waals surface area (Å²) >= 11 is 0. The van der Waals surface area contributed by atoms with E-state index in [0.29, 0.717) is 59.4 Å². The van der Waals surface area contributed by atoms with Gasteiger partial charge in [-0.3, -0.25) is 19.2 Å². The molecule has 4 aliphatic heterocycles. The maximum absolute atomic E-state index is 13.5. The van der Waals surface area contributed by atoms with Crippen molar-refractivity contribution < 1.29 is 43.6 Å². The van der Waals surface area contributed by atoms with Gasteiger partial charge >= 0.3 is 0 Å². The van der Waals surface area contributed by atoms with E-state index in [0.717, 1.165) is 5.56 Å². The maximum Gasteiger partial charge on any atom is 0.256 e. The van der Waals surface area contributed by atoms with Crippen LogP contribution in [0.4, 0.5) is 11.4 Å². The molecule has 0 aromatic heterocycles. The molecule has 2 saturated heterocycles. The fourth-order valence-corrected chi connectivity index (χ4v) is 8.03. The average molecular weight is 693 g/mol. The zero-order valence-electron chi connectivity index (χ0n) is 30.1. The van der Waals surface area contributed by atoms with E-state index in [1.807, 2.05) is 6.92 Å². The first-order valence-electron chi connectivity index (χ1n) is 17.1. The fourth-order valence-electron chi connectivity index (χ4n) is 8.03. The minimum Gasteiger partial charge on any atom is -0.493 e. The van der Waals surface area contributed by atoms with Gasteiger partial charge in [0.2, 0.25) is 11.8 Å². The Morgan fingerprint density at radius 2 is 1.14 bits per heavy atom. The third-order valence-electron chi connectivity index (χ3n) is 10.3. The van der Waals surface area contributed by atoms with Crippen LogP contribution in [0.15, 0.2) is 24.3 Å². The molecule has 2 fully saturated rings. The highest BCUT2D eigenvalue weighted by atomic mass is 16.5. The second-order valence-electron chi connectivity index (χ2n) is 15.8. The topological polar surface area (TPSA) is 149 Å². The third kappa shape index (κ3) is 6.37. The van der Waals surface area contributed by atoms with Gasteiger partial charge in [-0.05, 0) is 41.9 Å². The number of likely N-dealkylation sites (N-methyl/N-ethyl adjacent to an activating group) is 2. The molecule has 13 nitrogen and oxygen atoms in total. The number of hydrogen-bond donors (Lipinski definition) is 2. The first-order chi connectivity index (χ1) is 23.4. The van der Waals surface area contributed by atoms with Crippen LogP contribution >= 0.6 is 0 Å². The molecule has 2 N–H and O–H groups in total. The minimum atomic E-state index is -0.747. The summed E-state index contributed by atoms with van der Waals surface area (Å²) in [7, 11) is 4.77. The van der Waals surface area contributed by atoms with Crippen molar-refractivity contribution in [2.45, 2.75) is 78.2 Å². The molecular weight excluding hydrogens is 644 g/mol. The van der Waals surface area contributed by atoms with Gasteiger partial charge in [-0.25, -0.2) is 0 Å². The maximum atomic E-state index is 13.5. The van der Waals surface area contributed by atoms with Crippen molar-refractivity contribution >= 4 is 35.0 Å². The number of carbonyl (C=O) groups excluding carboxylic acids is 4. The van der Waals surface area contributed by atoms with Gasteiger partial charge in [0.25, 0.3) is 11.8 Å². The van der Waals surface area contributed by atoms with E-state index in [-0.39, 0.29) is 60.4 Å². The summed E-state index contributed by atoms with van der Waals surface area (Å²) in [6.07, 6.45) is -0.350. The zero-order valence-corrected chi connectivity index (χ0v) is 30.1. The molecule has 0 bridgehead atoms. The van der Waals surface area contributed by atoms with Crippen molar-refractivity contribution in [1.82, 2.24) is 9.80 Å². The van der Waals surface area contributed by atoms with Gasteiger partial charge in [-0.1, -0.05) is 27.7 Å². The summed E-state index contributed by atoms with van der Waals surface area (Å²) in [5.41, 5.74) is 1.73. The Morgan fingerprint density at radius 1 is 0.700 bits per heavy atom. The molecule has 4 aliphatic rings. The van der Waals surface area contributed by atoms with Gasteiger partial charge in [0.1, 0.15) is 17.8 Å². The van der Waals surface area contributed by atoms with Crippen LogP contribution in [0.5, 0.6) is 17.2 Å². The highest BCUT2D eigenvalue weighted by Gasteiger charge is 2.46. The first kappa shape index (κ1) is 35.5. The minimum absolute atomic E-state index is 0.101. The lowest BCUT2D eigenvalue weighted by molar-refractivity contribution is -0.122. The summed E-state index contributed by atoms with van der Waals surface area (Å²) in [6, 6.07) is 5.38. The number of benzene rings is 2. The Balaban J connectivity index is 1.14. The molecule has 4 atom stereocenters. The molecule has 0 saturated carbocycles. The van der Waals surface area contributed by atoms with E-state index in [1.165, 1.54) is 26.7 Å². The lowest BCUT2D eigenvalue weighted by atomic mass is 9.76. The monoisotopic (exact) mass is 692 g/mol. The van der Waals surface area contributed by atoms with E-state index >= 15 is 0 Å². The number of hydrogen-bond acceptors (Lipinski definition) is 9. The van der Waals surface area contributed by atoms with Gasteiger partial charge in [-0.15, -0.1) is 0 Å². The van der Waals surface area contributed by atoms with Gasteiger partial charge in [0, 0.05) is 52.2 Å². The number of carbonyl (C=O) groups is 4. The molecule has 0 spiro atoms. The molecule has 2 aromatic carbocycles. The van der Waals surface area contributed by atoms with Crippen LogP contribution in [0.2, 0.25) is 0 Å². The number of amides is 4. The Kier molecular flexibility index (Phi) is 9.05. The molecule has 2 aromatic rings. The molecule has 50 heavy (non-hydrogen) atoms. The zero-order chi connectivity index (χ0) is 36.4. The highest BCUT2D eigenvalue weighted by molar-refractivity contribution is 6.12. The van der Waals surface area contributed by atoms with Crippen LogP contribution in [0, 0.1) is 17.8 Å². The van der Waals surface area contributed by atoms with Gasteiger partial charge in [0.15, 0.2) is 11.5 Å². The molecular formula is C37H48N4O9. The van der Waals surface area contributed by atoms with Crippen molar-refractivity contribution in [3.8, 4) is 17.2 Å². The first-order valence-corrected chi connectivity index (χ1v) is 17.1. The third-order valence-corrected chi connectivity index (χ3v) is 10.3. The number of methoxy groups -OCH3 is 1. The Labute approximate surface area is 292 Å². The van der Waals surface area contributed by atoms with E-state index in [1.54, 1.807) is 38.4 Å². The summed E-state index contributed by atoms with van der Waals surface area (Å²) in [6.45, 7) is 11.1. The molecule has 0 radical (unpaired) electrons. The largest absolute Gasteiger partial charge is 0.493 e. The number of rotatable bonds is 9. The van der Waals surface area contributed by atoms with Crippen LogP contribution in [0.25, 0.3) is 0 Å². The van der Waals surface area contributed by atoms with Crippen LogP contribution in [0.1, 0.15) is 73.2 Å². The molecule has 6 rings (SSSR count). The lowest BCUT2D eigenvalue weighted by Crippen LogP contribution is -2.43. The Morgan fingerprint density at radius 3 is 1.62 bits per heavy atom. The summed E-state index contributed by atoms with van der Waals surface area (Å²) in [5.74, 6) is 0.257. The second-order valence-corrected chi connectivity index (χ2v) is 15.8. The summed E-state index contributed by atoms with van der Waals surface area (Å²) in [5, 5.41) is 20.3. The van der Waals surface area contributed by atoms with Crippen molar-refractivity contribution in [1.29, 1.82) is 0 Å². The van der Waals surface area contributed by atoms with E-state index < -0.39 is 24.3 Å². The highest BCUT2D eigenvalue weighted by Crippen LogP contribution is 2.42. The number of nitrogens with zero attached hydrogens (tertiary/aromatic N) is 4. The number of ether oxygens (including phenoxy) is 3. The normalized spacial score (nSPS) is 23.7. The van der Waals surface area contributed by atoms with E-state index in [9.17, 15) is 29.4 Å². The van der Waals surface area contributed by atoms with Gasteiger partial charge in [0.05, 0.1) is 55.0 Å². The van der Waals surface area contributed by atoms with Crippen LogP contribution < -0.4 is 24.0 Å². The predicted molar refractivity (Wildman–Crippen MR) is 185 cm³/mol. The molecule has 270 valence electrons. The van der Waals surface area contributed by atoms with Gasteiger partial charge < -0.3 is 44.0 Å². The number of aryl methyl sites for hydroxylation is 1. The average Bonchev–Trinajstić information content (AvgIpc) is 3.62. The van der Waals surface area contributed by atoms with Crippen LogP contribution in [0.3, 0.4) is 0 Å². The predicted octanol–water partition coefficient (Wildman–Crippen LogP) is 3.01. The van der Waals surface area contributed by atoms with E-state index in [4.69, 9.17) is 14.2 Å². The van der Waals surface area contributed by atoms with Crippen LogP contribution in [-0.2, 0) is 9.59 Å². The van der Waals surface area contributed by atoms with Crippen molar-refractivity contribution in [3.63, 3.8) is 0 Å². The second kappa shape index (κ2) is 12.8. The molecule has 13 heteroatoms. The summed E-state index contributed by atoms with van der Waals surface area (Å²) < 4.78 is 18.3. The number of aliphatic hydroxyl groups excluding tert-OH is 2. The standard InChI is InChI=1S/C37H48N4O9/c1-20-9-23-25(38(6)34(46)27-10-21(42)15-40(27)32(23)44)13-29(20)49-18-36(2,3)17-37(4,5)19-50-31-14-26-24(12-30(31)48-8)33(45)41-16-22(43)11-28(41)35(47)39(26)7/h9,12-14,21-22,27-28,42-43H,10-11,15-19H2,1-8H3. The number of fused-ring (bicyclic) bond motifs is 4. The SMILES string of the molecule is COc1cc2c(cc1OCC(C)(C)CC(C)(C)COc1cc3c(cc1C)C(=O)N1CC(O)CC1C(=O)N3C)N(C)C(=O)C1CC(O)CN1C2=O. The number of aliphatic hydroxyl groups is 2. The molecule has 4 amide bonds. The van der Waals surface area contributed by atoms with Gasteiger partial charge in [-0.2, -0.15) is 0 Å². The number of anilines is 2. The Hall–Kier alpha value is -4.36. The van der Waals surface area contributed by atoms with Crippen molar-refractivity contribution in [2.75, 3.05) is 57.3 Å². The lowest BCUT2D eigenvalue weighted by Gasteiger charge is -2.35. The van der Waals surface area contributed by atoms with Crippen LogP contribution in [-0.4, -0.2) is 115 Å². The molecule has 4 heterocycles. The fraction of sp³-hybridized carbons (Fsp3) is 0.568. The van der Waals surface area contributed by atoms with E-state index in [2.05, 4.69) is 27.7 Å². The quantitative estimate of drug-likeness (QED) is 0.405. The molecule has 0 aliphatic carbocycles. The Bertz CT molecular complexity index is 1740.